The average Bonchev–Trinajstić information content (AvgIpc) is 0.898. The molecule has 16 nitrogen and oxygen atoms in total. The van der Waals surface area contributed by atoms with Gasteiger partial charge in [-0.15, -0.1) is 0 Å². The van der Waals surface area contributed by atoms with Gasteiger partial charge >= 0.3 is 33.6 Å². The van der Waals surface area contributed by atoms with Gasteiger partial charge in [0.2, 0.25) is 0 Å². The van der Waals surface area contributed by atoms with E-state index in [1.165, 1.54) is 148 Å². The standard InChI is InChI=1S/C103H172O16P2/c1-4-7-10-13-16-19-22-25-28-31-34-37-40-42-44-46-48-50-52-54-57-59-62-65-68-71-74-77-80-83-86-89-101(106)113-92-98(104)93-115-120(109,110)116-94-99(105)95-117-121(111,112)118-97-100(119-103(108)91-88-85-82-79-76-73-70-67-64-61-56-39-36-33-30-27-24-21-18-15-12-9-6-3)96-114-102(107)90-87-84-81-78-75-72-69-66-63-60-58-55-53-51-49-47-45-43-41-38-35-32-29-26-23-20-17-14-11-8-5-2/h7-12,16-21,25-30,34-39,42-45,61,64,70,73,98-100,104-105H,4-6,13-15,22-24,31-33,40-41,46-60,62-63,65-69,71-72,74-97H2,1-3H3,(H,109,110)(H,111,112)/b10-7-,11-8-,12-9-,19-16-,20-17-,21-18-,28-25-,29-26-,30-27-,37-34-,38-35-,39-36-,44-42-,45-43-,64-61-,73-70-. The van der Waals surface area contributed by atoms with Crippen molar-refractivity contribution in [3.8, 4) is 0 Å². The van der Waals surface area contributed by atoms with Crippen LogP contribution in [-0.4, -0.2) is 95.9 Å². The number of aliphatic hydroxyl groups excluding tert-OH is 2. The van der Waals surface area contributed by atoms with Crippen LogP contribution in [0.2, 0.25) is 0 Å². The molecule has 0 bridgehead atoms. The van der Waals surface area contributed by atoms with Gasteiger partial charge in [0.25, 0.3) is 0 Å². The minimum atomic E-state index is -4.96. The summed E-state index contributed by atoms with van der Waals surface area (Å²) in [7, 11) is -9.83. The minimum Gasteiger partial charge on any atom is -0.463 e. The molecule has 690 valence electrons. The summed E-state index contributed by atoms with van der Waals surface area (Å²) in [4.78, 5) is 59.1. The van der Waals surface area contributed by atoms with E-state index in [0.29, 0.717) is 19.3 Å². The molecule has 5 atom stereocenters. The smallest absolute Gasteiger partial charge is 0.463 e. The number of rotatable bonds is 89. The maximum Gasteiger partial charge on any atom is 0.472 e. The lowest BCUT2D eigenvalue weighted by atomic mass is 10.0. The fourth-order valence-corrected chi connectivity index (χ4v) is 14.3. The van der Waals surface area contributed by atoms with Crippen molar-refractivity contribution in [1.82, 2.24) is 0 Å². The van der Waals surface area contributed by atoms with E-state index < -0.39 is 91.5 Å². The number of hydrogen-bond acceptors (Lipinski definition) is 14. The molecule has 0 aliphatic carbocycles. The quantitative estimate of drug-likeness (QED) is 0.0146. The van der Waals surface area contributed by atoms with Crippen molar-refractivity contribution in [1.29, 1.82) is 0 Å². The van der Waals surface area contributed by atoms with Gasteiger partial charge in [-0.2, -0.15) is 0 Å². The first-order valence-electron chi connectivity index (χ1n) is 47.7. The molecule has 0 aliphatic rings. The van der Waals surface area contributed by atoms with Crippen LogP contribution in [0.1, 0.15) is 380 Å². The van der Waals surface area contributed by atoms with Crippen LogP contribution in [0.3, 0.4) is 0 Å². The van der Waals surface area contributed by atoms with Crippen LogP contribution >= 0.6 is 15.6 Å². The lowest BCUT2D eigenvalue weighted by Crippen LogP contribution is -2.30. The number of carbonyl (C=O) groups is 3. The SMILES string of the molecule is CC/C=C\C/C=C\C/C=C\C/C=C\C/C=C\C/C=C\CCCCCCC(=O)OC(COC(=O)CCCCCCCCCCCCCCCCC/C=C\C/C=C\C/C=C\C/C=C\C/C=C\CC)COP(=O)(O)OCC(O)COP(=O)(O)OCC(O)COC(=O)CCCCCCCCCCCCCCCCC/C=C\C/C=C\C/C=C\C/C=C\C/C=C\CC. The molecule has 0 spiro atoms. The Bertz CT molecular complexity index is 2980. The van der Waals surface area contributed by atoms with Gasteiger partial charge in [-0.25, -0.2) is 9.13 Å². The number of esters is 3. The molecule has 18 heteroatoms. The van der Waals surface area contributed by atoms with Gasteiger partial charge in [-0.3, -0.25) is 32.5 Å². The Balaban J connectivity index is 4.63. The van der Waals surface area contributed by atoms with Crippen molar-refractivity contribution < 1.29 is 75.8 Å². The predicted molar refractivity (Wildman–Crippen MR) is 509 cm³/mol. The lowest BCUT2D eigenvalue weighted by molar-refractivity contribution is -0.161. The number of carbonyl (C=O) groups excluding carboxylic acids is 3. The zero-order valence-corrected chi connectivity index (χ0v) is 77.9. The van der Waals surface area contributed by atoms with Gasteiger partial charge in [0.05, 0.1) is 26.4 Å². The molecule has 0 radical (unpaired) electrons. The first-order valence-corrected chi connectivity index (χ1v) is 50.7. The largest absolute Gasteiger partial charge is 0.472 e. The Morgan fingerprint density at radius 3 is 0.653 bits per heavy atom. The first kappa shape index (κ1) is 115. The molecular weight excluding hydrogens is 1560 g/mol. The Hall–Kier alpha value is -5.61. The van der Waals surface area contributed by atoms with E-state index in [-0.39, 0.29) is 19.3 Å². The van der Waals surface area contributed by atoms with Crippen LogP contribution in [0.4, 0.5) is 0 Å². The number of phosphoric acid groups is 2. The Labute approximate surface area is 737 Å². The van der Waals surface area contributed by atoms with Crippen molar-refractivity contribution in [3.05, 3.63) is 194 Å². The van der Waals surface area contributed by atoms with E-state index >= 15 is 0 Å². The predicted octanol–water partition coefficient (Wildman–Crippen LogP) is 29.8. The maximum absolute atomic E-state index is 13.1. The first-order chi connectivity index (χ1) is 59.2. The number of unbranched alkanes of at least 4 members (excludes halogenated alkanes) is 34. The van der Waals surface area contributed by atoms with Crippen molar-refractivity contribution in [2.45, 2.75) is 399 Å². The van der Waals surface area contributed by atoms with E-state index in [9.17, 15) is 43.5 Å². The number of allylic oxidation sites excluding steroid dienone is 32. The molecule has 0 rings (SSSR count). The Morgan fingerprint density at radius 2 is 0.413 bits per heavy atom. The lowest BCUT2D eigenvalue weighted by Gasteiger charge is -2.21. The molecule has 0 amide bonds. The van der Waals surface area contributed by atoms with Gasteiger partial charge in [-0.05, 0) is 161 Å². The van der Waals surface area contributed by atoms with Crippen LogP contribution in [0.15, 0.2) is 194 Å². The second-order valence-electron chi connectivity index (χ2n) is 31.4. The monoisotopic (exact) mass is 1730 g/mol. The molecule has 121 heavy (non-hydrogen) atoms. The molecule has 0 aliphatic heterocycles. The summed E-state index contributed by atoms with van der Waals surface area (Å²) in [5, 5.41) is 20.8. The molecule has 0 saturated heterocycles. The van der Waals surface area contributed by atoms with Crippen LogP contribution in [0.25, 0.3) is 0 Å². The molecule has 0 fully saturated rings. The second-order valence-corrected chi connectivity index (χ2v) is 34.3. The number of aliphatic hydroxyl groups is 2. The molecule has 4 N–H and O–H groups in total. The Kier molecular flexibility index (Phi) is 89.2. The maximum atomic E-state index is 13.1. The Morgan fingerprint density at radius 1 is 0.231 bits per heavy atom. The fraction of sp³-hybridized carbons (Fsp3) is 0.660. The summed E-state index contributed by atoms with van der Waals surface area (Å²) < 4.78 is 61.5. The third-order valence-electron chi connectivity index (χ3n) is 19.8. The summed E-state index contributed by atoms with van der Waals surface area (Å²) in [6.45, 7) is 2.35. The highest BCUT2D eigenvalue weighted by Crippen LogP contribution is 2.45. The molecule has 0 aromatic heterocycles. The van der Waals surface area contributed by atoms with E-state index in [1.54, 1.807) is 0 Å². The average molecular weight is 1730 g/mol. The van der Waals surface area contributed by atoms with Crippen LogP contribution < -0.4 is 0 Å². The molecule has 0 aromatic carbocycles. The summed E-state index contributed by atoms with van der Waals surface area (Å²) in [5.74, 6) is -1.60. The van der Waals surface area contributed by atoms with Gasteiger partial charge in [0.1, 0.15) is 25.4 Å². The molecular formula is C103H172O16P2. The normalized spacial score (nSPS) is 14.6. The summed E-state index contributed by atoms with van der Waals surface area (Å²) in [5.41, 5.74) is 0. The third-order valence-corrected chi connectivity index (χ3v) is 21.7. The van der Waals surface area contributed by atoms with Crippen LogP contribution in [0, 0.1) is 0 Å². The molecule has 0 aromatic rings. The van der Waals surface area contributed by atoms with Gasteiger partial charge in [0.15, 0.2) is 6.10 Å². The molecule has 0 heterocycles. The zero-order chi connectivity index (χ0) is 87.9. The van der Waals surface area contributed by atoms with Crippen molar-refractivity contribution >= 4 is 33.6 Å². The highest BCUT2D eigenvalue weighted by Gasteiger charge is 2.30. The zero-order valence-electron chi connectivity index (χ0n) is 76.1. The third kappa shape index (κ3) is 94.9. The number of ether oxygens (including phenoxy) is 3. The van der Waals surface area contributed by atoms with E-state index in [1.807, 2.05) is 0 Å². The number of hydrogen-bond donors (Lipinski definition) is 4. The molecule has 0 saturated carbocycles. The van der Waals surface area contributed by atoms with Gasteiger partial charge in [-0.1, -0.05) is 395 Å². The second kappa shape index (κ2) is 93.5. The topological polar surface area (TPSA) is 231 Å². The van der Waals surface area contributed by atoms with Gasteiger partial charge < -0.3 is 34.2 Å². The minimum absolute atomic E-state index is 0.0695. The van der Waals surface area contributed by atoms with Crippen molar-refractivity contribution in [2.24, 2.45) is 0 Å². The summed E-state index contributed by atoms with van der Waals surface area (Å²) in [6.07, 6.45) is 125. The van der Waals surface area contributed by atoms with Crippen LogP contribution in [0.5, 0.6) is 0 Å². The van der Waals surface area contributed by atoms with E-state index in [0.717, 1.165) is 173 Å². The molecule has 5 unspecified atom stereocenters. The summed E-state index contributed by atoms with van der Waals surface area (Å²) in [6, 6.07) is 0. The van der Waals surface area contributed by atoms with Crippen LogP contribution in [-0.2, 0) is 55.8 Å². The van der Waals surface area contributed by atoms with E-state index in [4.69, 9.17) is 32.3 Å². The fourth-order valence-electron chi connectivity index (χ4n) is 12.7. The highest BCUT2D eigenvalue weighted by atomic mass is 31.2. The van der Waals surface area contributed by atoms with Gasteiger partial charge in [0, 0.05) is 19.3 Å². The van der Waals surface area contributed by atoms with Crippen molar-refractivity contribution in [3.63, 3.8) is 0 Å². The highest BCUT2D eigenvalue weighted by molar-refractivity contribution is 7.47. The summed E-state index contributed by atoms with van der Waals surface area (Å²) >= 11 is 0. The number of phosphoric ester groups is 2. The van der Waals surface area contributed by atoms with E-state index in [2.05, 4.69) is 215 Å². The van der Waals surface area contributed by atoms with Crippen molar-refractivity contribution in [2.75, 3.05) is 39.6 Å².